The maximum absolute atomic E-state index is 13.3. The number of nitrogens with zero attached hydrogens (tertiary/aromatic N) is 12. The average Bonchev–Trinajstić information content (AvgIpc) is 2.26. The molecule has 6 aromatic rings. The average molecular weight is 1500 g/mol. The normalized spacial score (nSPS) is 19.0. The van der Waals surface area contributed by atoms with Crippen LogP contribution < -0.4 is 17.2 Å². The minimum absolute atomic E-state index is 0.00540. The summed E-state index contributed by atoms with van der Waals surface area (Å²) in [7, 11) is 5.62. The number of aliphatic hydroxyl groups excluding tert-OH is 3. The van der Waals surface area contributed by atoms with Crippen molar-refractivity contribution in [3.05, 3.63) is 70.9 Å². The van der Waals surface area contributed by atoms with Crippen molar-refractivity contribution < 1.29 is 51.6 Å². The first-order valence-electron chi connectivity index (χ1n) is 28.5. The molecule has 0 radical (unpaired) electrons. The third-order valence-electron chi connectivity index (χ3n) is 12.8. The third-order valence-corrected chi connectivity index (χ3v) is 26.3. The van der Waals surface area contributed by atoms with Gasteiger partial charge in [0.2, 0.25) is 17.8 Å². The molecule has 3 aliphatic rings. The molecule has 0 saturated heterocycles. The monoisotopic (exact) mass is 1500 g/mol. The van der Waals surface area contributed by atoms with Crippen LogP contribution in [0, 0.1) is 17.8 Å². The van der Waals surface area contributed by atoms with Crippen LogP contribution in [0.3, 0.4) is 0 Å². The van der Waals surface area contributed by atoms with Gasteiger partial charge in [-0.25, -0.2) is 24.1 Å². The van der Waals surface area contributed by atoms with Crippen molar-refractivity contribution in [3.8, 4) is 0 Å². The first-order valence-corrected chi connectivity index (χ1v) is 42.5. The van der Waals surface area contributed by atoms with Gasteiger partial charge >= 0.3 is 15.6 Å². The van der Waals surface area contributed by atoms with Gasteiger partial charge in [0.05, 0.1) is 90.0 Å². The summed E-state index contributed by atoms with van der Waals surface area (Å²) in [5, 5.41) is 27.6. The third kappa shape index (κ3) is 23.7. The molecule has 0 aliphatic heterocycles. The SMILES string of the molecule is CCCSSCCOP(=O)(OCCSSCCC)OC[C@@H]1C=C[C@H](n2cnc3c(Cl)nc(N)nc32)C1.Nc1nc(Cl)c2ncn([C@H]3C=C[C@@H](CO)C3)c2n1.Nc1nc(Cl)c2ncn([C@H]3C=C[C@@H](COP(=O)(OCCSSCCO)OCCSSCCO)C3)c2n1. The summed E-state index contributed by atoms with van der Waals surface area (Å²) in [5.74, 6) is 6.48. The highest BCUT2D eigenvalue weighted by Gasteiger charge is 2.33. The molecule has 6 aromatic heterocycles. The van der Waals surface area contributed by atoms with Crippen LogP contribution in [0.25, 0.3) is 33.5 Å². The van der Waals surface area contributed by atoms with E-state index in [1.807, 2.05) is 44.1 Å². The quantitative estimate of drug-likeness (QED) is 0.00689. The Labute approximate surface area is 569 Å². The molecule has 6 heterocycles. The Balaban J connectivity index is 0.000000202. The Hall–Kier alpha value is -1.96. The van der Waals surface area contributed by atoms with Gasteiger partial charge in [-0.3, -0.25) is 27.1 Å². The molecule has 90 heavy (non-hydrogen) atoms. The van der Waals surface area contributed by atoms with Crippen LogP contribution >= 0.6 is 137 Å². The molecule has 0 fully saturated rings. The minimum Gasteiger partial charge on any atom is -0.396 e. The highest BCUT2D eigenvalue weighted by Crippen LogP contribution is 2.52. The van der Waals surface area contributed by atoms with Crippen molar-refractivity contribution in [1.82, 2.24) is 58.6 Å². The molecule has 0 saturated carbocycles. The number of phosphoric ester groups is 2. The molecule has 39 heteroatoms. The topological polar surface area (TPSA) is 359 Å². The minimum atomic E-state index is -3.77. The van der Waals surface area contributed by atoms with E-state index in [4.69, 9.17) is 94.5 Å². The second-order valence-electron chi connectivity index (χ2n) is 19.5. The van der Waals surface area contributed by atoms with Gasteiger partial charge < -0.3 is 46.2 Å². The number of phosphoric acid groups is 2. The second-order valence-corrected chi connectivity index (χ2v) is 34.7. The van der Waals surface area contributed by atoms with E-state index >= 15 is 0 Å². The van der Waals surface area contributed by atoms with Crippen molar-refractivity contribution in [3.63, 3.8) is 0 Å². The number of allylic oxidation sites excluding steroid dienone is 3. The summed E-state index contributed by atoms with van der Waals surface area (Å²) >= 11 is 18.3. The highest BCUT2D eigenvalue weighted by molar-refractivity contribution is 8.77. The number of nitrogen functional groups attached to an aromatic ring is 3. The lowest BCUT2D eigenvalue weighted by Crippen LogP contribution is -2.12. The number of halogens is 3. The molecular weight excluding hydrogens is 1420 g/mol. The summed E-state index contributed by atoms with van der Waals surface area (Å²) in [6.07, 6.45) is 21.6. The van der Waals surface area contributed by atoms with Crippen LogP contribution in [0.2, 0.25) is 15.5 Å². The maximum atomic E-state index is 13.3. The van der Waals surface area contributed by atoms with E-state index in [1.54, 1.807) is 62.2 Å². The molecule has 0 amide bonds. The zero-order chi connectivity index (χ0) is 64.3. The number of fused-ring (bicyclic) bond motifs is 3. The van der Waals surface area contributed by atoms with Gasteiger partial charge in [0.15, 0.2) is 32.4 Å². The molecule has 0 aromatic carbocycles. The fourth-order valence-electron chi connectivity index (χ4n) is 8.72. The summed E-state index contributed by atoms with van der Waals surface area (Å²) in [4.78, 5) is 37.3. The molecule has 498 valence electrons. The van der Waals surface area contributed by atoms with Crippen LogP contribution in [-0.4, -0.2) is 179 Å². The van der Waals surface area contributed by atoms with Gasteiger partial charge in [-0.05, 0) is 32.1 Å². The Morgan fingerprint density at radius 3 is 1.06 bits per heavy atom. The lowest BCUT2D eigenvalue weighted by molar-refractivity contribution is 0.112. The van der Waals surface area contributed by atoms with Crippen LogP contribution in [0.15, 0.2) is 55.4 Å². The lowest BCUT2D eigenvalue weighted by Gasteiger charge is -2.20. The van der Waals surface area contributed by atoms with E-state index in [0.29, 0.717) is 76.1 Å². The fraction of sp³-hybridized carbons (Fsp3) is 0.588. The molecule has 26 nitrogen and oxygen atoms in total. The van der Waals surface area contributed by atoms with E-state index in [2.05, 4.69) is 64.8 Å². The van der Waals surface area contributed by atoms with Crippen molar-refractivity contribution >= 4 is 188 Å². The molecule has 0 spiro atoms. The van der Waals surface area contributed by atoms with E-state index < -0.39 is 15.6 Å². The van der Waals surface area contributed by atoms with Gasteiger partial charge in [-0.15, -0.1) is 0 Å². The standard InChI is InChI=1S/C21H33ClN5O4PS4.C19H29ClN5O6PS4.C11H12ClN5O/c1-3-9-33-35-11-7-29-32(28,30-8-12-36-34-10-4-2)31-14-16-5-6-17(13-16)27-15-24-18-19(22)25-21(23)26-20(18)27;20-17-16-18(24-19(21)23-17)25(13-22-16)15-2-1-14(11-15)12-31-32(28,29-5-9-35-33-7-3-26)30-6-10-36-34-8-4-27;12-9-8-10(16-11(13)15-9)17(5-14-8)7-2-1-6(3-7)4-18/h5-6,15-17H,3-4,7-14H2,1-2H3,(H2,23,25,26);1-2,13-15,26-27H,3-12H2,(H2,21,23,24);1-2,5-7,18H,3-4H2,(H2,13,15,16)/t16-,17+;14-,15+;6-,7+/m111/s1. The van der Waals surface area contributed by atoms with E-state index in [9.17, 15) is 9.13 Å². The van der Waals surface area contributed by atoms with Gasteiger partial charge in [0.1, 0.15) is 16.6 Å². The summed E-state index contributed by atoms with van der Waals surface area (Å²) in [6.45, 7) is 6.04. The smallest absolute Gasteiger partial charge is 0.396 e. The number of aromatic nitrogens is 12. The van der Waals surface area contributed by atoms with Crippen molar-refractivity contribution in [2.45, 2.75) is 64.1 Å². The first kappa shape index (κ1) is 75.4. The maximum Gasteiger partial charge on any atom is 0.474 e. The Morgan fingerprint density at radius 2 is 0.756 bits per heavy atom. The largest absolute Gasteiger partial charge is 0.474 e. The molecular formula is C51H74Cl3N15O11P2S8. The zero-order valence-corrected chi connectivity index (χ0v) is 59.8. The molecule has 3 aliphatic carbocycles. The number of aliphatic hydroxyl groups is 3. The first-order chi connectivity index (χ1) is 43.6. The van der Waals surface area contributed by atoms with Crippen molar-refractivity contribution in [1.29, 1.82) is 0 Å². The van der Waals surface area contributed by atoms with Crippen LogP contribution in [0.5, 0.6) is 0 Å². The summed E-state index contributed by atoms with van der Waals surface area (Å²) < 4.78 is 66.2. The number of rotatable bonds is 38. The van der Waals surface area contributed by atoms with Crippen LogP contribution in [0.4, 0.5) is 17.8 Å². The highest BCUT2D eigenvalue weighted by atomic mass is 35.5. The number of imidazole rings is 3. The van der Waals surface area contributed by atoms with Gasteiger partial charge in [0.25, 0.3) is 0 Å². The van der Waals surface area contributed by atoms with Gasteiger partial charge in [-0.2, -0.15) is 29.9 Å². The Kier molecular flexibility index (Phi) is 33.5. The predicted octanol–water partition coefficient (Wildman–Crippen LogP) is 12.2. The van der Waals surface area contributed by atoms with Crippen LogP contribution in [-0.2, 0) is 36.3 Å². The Morgan fingerprint density at radius 1 is 0.456 bits per heavy atom. The van der Waals surface area contributed by atoms with Gasteiger partial charge in [-0.1, -0.05) is 171 Å². The van der Waals surface area contributed by atoms with Crippen LogP contribution in [0.1, 0.15) is 64.1 Å². The molecule has 0 unspecified atom stereocenters. The summed E-state index contributed by atoms with van der Waals surface area (Å²) in [5.41, 5.74) is 20.4. The van der Waals surface area contributed by atoms with Crippen molar-refractivity contribution in [2.75, 3.05) is 123 Å². The van der Waals surface area contributed by atoms with Crippen molar-refractivity contribution in [2.24, 2.45) is 17.8 Å². The molecule has 0 bridgehead atoms. The van der Waals surface area contributed by atoms with E-state index in [1.165, 1.54) is 43.2 Å². The van der Waals surface area contributed by atoms with E-state index in [-0.39, 0.29) is 115 Å². The number of hydrogen-bond acceptors (Lipinski definition) is 31. The van der Waals surface area contributed by atoms with Gasteiger partial charge in [0, 0.05) is 70.4 Å². The number of anilines is 3. The fourth-order valence-corrected chi connectivity index (χ4v) is 19.5. The lowest BCUT2D eigenvalue weighted by atomic mass is 10.1. The number of nitrogens with two attached hydrogens (primary N) is 3. The molecule has 9 rings (SSSR count). The number of hydrogen-bond donors (Lipinski definition) is 6. The second kappa shape index (κ2) is 39.9. The molecule has 9 N–H and O–H groups in total. The molecule has 6 atom stereocenters. The van der Waals surface area contributed by atoms with E-state index in [0.717, 1.165) is 48.7 Å². The Bertz CT molecular complexity index is 3170. The predicted molar refractivity (Wildman–Crippen MR) is 376 cm³/mol. The zero-order valence-electron chi connectivity index (χ0n) is 49.2. The summed E-state index contributed by atoms with van der Waals surface area (Å²) in [6, 6.07) is 0.0711.